The highest BCUT2D eigenvalue weighted by molar-refractivity contribution is 6.31. The SMILES string of the molecule is Cc1ccc(NC(=O)CCN(C)c2ccccc2)cc1Cl. The molecule has 0 aromatic heterocycles. The van der Waals surface area contributed by atoms with Crippen molar-refractivity contribution < 1.29 is 4.79 Å². The molecule has 0 unspecified atom stereocenters. The Morgan fingerprint density at radius 1 is 1.19 bits per heavy atom. The molecule has 21 heavy (non-hydrogen) atoms. The molecule has 110 valence electrons. The molecule has 1 amide bonds. The maximum absolute atomic E-state index is 12.0. The number of anilines is 2. The van der Waals surface area contributed by atoms with Crippen molar-refractivity contribution >= 4 is 28.9 Å². The number of carbonyl (C=O) groups excluding carboxylic acids is 1. The Morgan fingerprint density at radius 2 is 1.90 bits per heavy atom. The van der Waals surface area contributed by atoms with Gasteiger partial charge in [0.05, 0.1) is 0 Å². The van der Waals surface area contributed by atoms with Crippen LogP contribution in [0.1, 0.15) is 12.0 Å². The molecule has 0 saturated carbocycles. The van der Waals surface area contributed by atoms with Gasteiger partial charge in [-0.15, -0.1) is 0 Å². The topological polar surface area (TPSA) is 32.3 Å². The monoisotopic (exact) mass is 302 g/mol. The lowest BCUT2D eigenvalue weighted by atomic mass is 10.2. The molecular formula is C17H19ClN2O. The Kier molecular flexibility index (Phi) is 5.23. The first kappa shape index (κ1) is 15.4. The van der Waals surface area contributed by atoms with E-state index in [-0.39, 0.29) is 5.91 Å². The van der Waals surface area contributed by atoms with Gasteiger partial charge >= 0.3 is 0 Å². The Morgan fingerprint density at radius 3 is 2.57 bits per heavy atom. The molecule has 0 fully saturated rings. The van der Waals surface area contributed by atoms with E-state index in [2.05, 4.69) is 10.2 Å². The number of nitrogens with one attached hydrogen (secondary N) is 1. The van der Waals surface area contributed by atoms with Crippen LogP contribution in [0.5, 0.6) is 0 Å². The number of nitrogens with zero attached hydrogens (tertiary/aromatic N) is 1. The molecule has 0 radical (unpaired) electrons. The normalized spacial score (nSPS) is 10.2. The molecular weight excluding hydrogens is 284 g/mol. The highest BCUT2D eigenvalue weighted by Gasteiger charge is 2.06. The van der Waals surface area contributed by atoms with Crippen LogP contribution in [-0.4, -0.2) is 19.5 Å². The van der Waals surface area contributed by atoms with Crippen molar-refractivity contribution in [1.82, 2.24) is 0 Å². The minimum absolute atomic E-state index is 0.0160. The molecule has 0 aliphatic rings. The summed E-state index contributed by atoms with van der Waals surface area (Å²) < 4.78 is 0. The first-order valence-corrected chi connectivity index (χ1v) is 7.26. The lowest BCUT2D eigenvalue weighted by molar-refractivity contribution is -0.116. The van der Waals surface area contributed by atoms with E-state index in [0.717, 1.165) is 16.9 Å². The summed E-state index contributed by atoms with van der Waals surface area (Å²) in [5.74, 6) is -0.0160. The fraction of sp³-hybridized carbons (Fsp3) is 0.235. The molecule has 4 heteroatoms. The molecule has 0 saturated heterocycles. The Bertz CT molecular complexity index is 613. The number of para-hydroxylation sites is 1. The number of aryl methyl sites for hydroxylation is 1. The van der Waals surface area contributed by atoms with Gasteiger partial charge in [0.2, 0.25) is 5.91 Å². The summed E-state index contributed by atoms with van der Waals surface area (Å²) in [6.45, 7) is 2.60. The van der Waals surface area contributed by atoms with E-state index in [9.17, 15) is 4.79 Å². The molecule has 2 aromatic carbocycles. The predicted molar refractivity (Wildman–Crippen MR) is 89.1 cm³/mol. The van der Waals surface area contributed by atoms with Crippen molar-refractivity contribution in [1.29, 1.82) is 0 Å². The minimum Gasteiger partial charge on any atom is -0.374 e. The van der Waals surface area contributed by atoms with Gasteiger partial charge in [-0.1, -0.05) is 35.9 Å². The van der Waals surface area contributed by atoms with Gasteiger partial charge in [0.15, 0.2) is 0 Å². The van der Waals surface area contributed by atoms with Crippen LogP contribution >= 0.6 is 11.6 Å². The molecule has 0 spiro atoms. The van der Waals surface area contributed by atoms with Gasteiger partial charge in [-0.2, -0.15) is 0 Å². The highest BCUT2D eigenvalue weighted by Crippen LogP contribution is 2.20. The Balaban J connectivity index is 1.86. The first-order chi connectivity index (χ1) is 10.1. The molecule has 2 rings (SSSR count). The van der Waals surface area contributed by atoms with Gasteiger partial charge in [-0.05, 0) is 36.8 Å². The molecule has 0 bridgehead atoms. The zero-order chi connectivity index (χ0) is 15.2. The molecule has 0 heterocycles. The lowest BCUT2D eigenvalue weighted by Gasteiger charge is -2.18. The molecule has 0 atom stereocenters. The van der Waals surface area contributed by atoms with Crippen molar-refractivity contribution in [2.45, 2.75) is 13.3 Å². The van der Waals surface area contributed by atoms with E-state index in [1.54, 1.807) is 6.07 Å². The number of hydrogen-bond acceptors (Lipinski definition) is 2. The predicted octanol–water partition coefficient (Wildman–Crippen LogP) is 4.11. The van der Waals surface area contributed by atoms with Crippen molar-refractivity contribution in [2.75, 3.05) is 23.8 Å². The fourth-order valence-corrected chi connectivity index (χ4v) is 2.16. The minimum atomic E-state index is -0.0160. The third kappa shape index (κ3) is 4.50. The lowest BCUT2D eigenvalue weighted by Crippen LogP contribution is -2.23. The van der Waals surface area contributed by atoms with E-state index in [1.165, 1.54) is 0 Å². The second-order valence-electron chi connectivity index (χ2n) is 5.02. The van der Waals surface area contributed by atoms with Gasteiger partial charge in [0.1, 0.15) is 0 Å². The van der Waals surface area contributed by atoms with Crippen LogP contribution in [0.3, 0.4) is 0 Å². The van der Waals surface area contributed by atoms with E-state index in [4.69, 9.17) is 11.6 Å². The maximum Gasteiger partial charge on any atom is 0.226 e. The fourth-order valence-electron chi connectivity index (χ4n) is 1.97. The van der Waals surface area contributed by atoms with Crippen molar-refractivity contribution in [3.8, 4) is 0 Å². The van der Waals surface area contributed by atoms with Crippen LogP contribution in [0.2, 0.25) is 5.02 Å². The largest absolute Gasteiger partial charge is 0.374 e. The maximum atomic E-state index is 12.0. The molecule has 0 aliphatic heterocycles. The quantitative estimate of drug-likeness (QED) is 0.901. The first-order valence-electron chi connectivity index (χ1n) is 6.88. The summed E-state index contributed by atoms with van der Waals surface area (Å²) in [5.41, 5.74) is 2.83. The number of rotatable bonds is 5. The highest BCUT2D eigenvalue weighted by atomic mass is 35.5. The van der Waals surface area contributed by atoms with Gasteiger partial charge in [0.25, 0.3) is 0 Å². The second kappa shape index (κ2) is 7.14. The average Bonchev–Trinajstić information content (AvgIpc) is 2.49. The van der Waals surface area contributed by atoms with Crippen LogP contribution < -0.4 is 10.2 Å². The van der Waals surface area contributed by atoms with Crippen molar-refractivity contribution in [3.63, 3.8) is 0 Å². The van der Waals surface area contributed by atoms with Crippen molar-refractivity contribution in [3.05, 3.63) is 59.1 Å². The summed E-state index contributed by atoms with van der Waals surface area (Å²) in [6.07, 6.45) is 0.427. The summed E-state index contributed by atoms with van der Waals surface area (Å²) in [5, 5.41) is 3.53. The number of halogens is 1. The molecule has 0 aliphatic carbocycles. The number of benzene rings is 2. The standard InChI is InChI=1S/C17H19ClN2O/c1-13-8-9-14(12-16(13)18)19-17(21)10-11-20(2)15-6-4-3-5-7-15/h3-9,12H,10-11H2,1-2H3,(H,19,21). The summed E-state index contributed by atoms with van der Waals surface area (Å²) in [4.78, 5) is 14.0. The Labute approximate surface area is 130 Å². The van der Waals surface area contributed by atoms with Crippen LogP contribution in [0.4, 0.5) is 11.4 Å². The molecule has 2 aromatic rings. The van der Waals surface area contributed by atoms with E-state index < -0.39 is 0 Å². The third-order valence-electron chi connectivity index (χ3n) is 3.33. The second-order valence-corrected chi connectivity index (χ2v) is 5.43. The van der Waals surface area contributed by atoms with Crippen LogP contribution in [-0.2, 0) is 4.79 Å². The average molecular weight is 303 g/mol. The molecule has 3 nitrogen and oxygen atoms in total. The van der Waals surface area contributed by atoms with Gasteiger partial charge < -0.3 is 10.2 Å². The van der Waals surface area contributed by atoms with Crippen LogP contribution in [0, 0.1) is 6.92 Å². The van der Waals surface area contributed by atoms with Gasteiger partial charge in [-0.3, -0.25) is 4.79 Å². The van der Waals surface area contributed by atoms with E-state index >= 15 is 0 Å². The van der Waals surface area contributed by atoms with Crippen LogP contribution in [0.25, 0.3) is 0 Å². The van der Waals surface area contributed by atoms with Gasteiger partial charge in [-0.25, -0.2) is 0 Å². The van der Waals surface area contributed by atoms with Crippen molar-refractivity contribution in [2.24, 2.45) is 0 Å². The zero-order valence-corrected chi connectivity index (χ0v) is 13.0. The number of amides is 1. The summed E-state index contributed by atoms with van der Waals surface area (Å²) in [6, 6.07) is 15.5. The zero-order valence-electron chi connectivity index (χ0n) is 12.3. The smallest absolute Gasteiger partial charge is 0.226 e. The third-order valence-corrected chi connectivity index (χ3v) is 3.73. The number of hydrogen-bond donors (Lipinski definition) is 1. The molecule has 1 N–H and O–H groups in total. The van der Waals surface area contributed by atoms with E-state index in [1.807, 2.05) is 56.4 Å². The number of carbonyl (C=O) groups is 1. The Hall–Kier alpha value is -2.00. The van der Waals surface area contributed by atoms with Crippen LogP contribution in [0.15, 0.2) is 48.5 Å². The summed E-state index contributed by atoms with van der Waals surface area (Å²) >= 11 is 6.05. The van der Waals surface area contributed by atoms with E-state index in [0.29, 0.717) is 18.0 Å². The van der Waals surface area contributed by atoms with Gasteiger partial charge in [0, 0.05) is 36.4 Å². The summed E-state index contributed by atoms with van der Waals surface area (Å²) in [7, 11) is 1.98.